The zero-order valence-electron chi connectivity index (χ0n) is 22.3. The van der Waals surface area contributed by atoms with Crippen LogP contribution in [0.25, 0.3) is 0 Å². The van der Waals surface area contributed by atoms with Gasteiger partial charge in [0.15, 0.2) is 0 Å². The van der Waals surface area contributed by atoms with Crippen molar-refractivity contribution in [1.29, 1.82) is 0 Å². The van der Waals surface area contributed by atoms with Gasteiger partial charge in [0.25, 0.3) is 0 Å². The summed E-state index contributed by atoms with van der Waals surface area (Å²) in [4.78, 5) is 19.2. The van der Waals surface area contributed by atoms with E-state index in [4.69, 9.17) is 14.5 Å². The van der Waals surface area contributed by atoms with Crippen LogP contribution in [0.1, 0.15) is 86.4 Å². The number of hydrogen-bond donors (Lipinski definition) is 2. The van der Waals surface area contributed by atoms with Gasteiger partial charge in [0.1, 0.15) is 17.7 Å². The van der Waals surface area contributed by atoms with Gasteiger partial charge in [-0.25, -0.2) is 9.37 Å². The van der Waals surface area contributed by atoms with Crippen LogP contribution in [-0.2, 0) is 27.1 Å². The Labute approximate surface area is 224 Å². The molecule has 3 aliphatic heterocycles. The van der Waals surface area contributed by atoms with E-state index in [1.54, 1.807) is 6.07 Å². The van der Waals surface area contributed by atoms with Crippen molar-refractivity contribution in [3.05, 3.63) is 58.5 Å². The Morgan fingerprint density at radius 1 is 1.24 bits per heavy atom. The van der Waals surface area contributed by atoms with Crippen molar-refractivity contribution in [2.24, 2.45) is 0 Å². The molecule has 0 spiro atoms. The fourth-order valence-electron chi connectivity index (χ4n) is 6.00. The number of ether oxygens (including phenoxy) is 2. The van der Waals surface area contributed by atoms with E-state index >= 15 is 0 Å². The third-order valence-electron chi connectivity index (χ3n) is 8.09. The number of hydrogen-bond acceptors (Lipinski definition) is 6. The molecule has 4 heterocycles. The molecule has 2 saturated heterocycles. The largest absolute Gasteiger partial charge is 0.480 e. The topological polar surface area (TPSA) is 83.9 Å². The van der Waals surface area contributed by atoms with Crippen molar-refractivity contribution in [1.82, 2.24) is 9.88 Å². The highest BCUT2D eigenvalue weighted by atomic mass is 19.1. The number of carbonyl (C=O) groups is 1. The summed E-state index contributed by atoms with van der Waals surface area (Å²) in [5.41, 5.74) is 3.71. The number of pyridine rings is 1. The highest BCUT2D eigenvalue weighted by molar-refractivity contribution is 5.76. The molecule has 7 nitrogen and oxygen atoms in total. The van der Waals surface area contributed by atoms with Crippen molar-refractivity contribution in [3.8, 4) is 0 Å². The fourth-order valence-corrected chi connectivity index (χ4v) is 6.00. The van der Waals surface area contributed by atoms with Crippen molar-refractivity contribution in [2.75, 3.05) is 31.6 Å². The van der Waals surface area contributed by atoms with Gasteiger partial charge >= 0.3 is 5.97 Å². The second kappa shape index (κ2) is 12.5. The number of carboxylic acids is 1. The van der Waals surface area contributed by atoms with Crippen LogP contribution in [0, 0.1) is 5.82 Å². The molecule has 2 aromatic rings. The van der Waals surface area contributed by atoms with Crippen molar-refractivity contribution < 1.29 is 23.8 Å². The molecule has 1 aromatic carbocycles. The number of nitrogens with zero attached hydrogens (tertiary/aromatic N) is 2. The van der Waals surface area contributed by atoms with Crippen molar-refractivity contribution in [3.63, 3.8) is 0 Å². The maximum absolute atomic E-state index is 14.3. The zero-order valence-corrected chi connectivity index (χ0v) is 22.3. The number of nitrogens with one attached hydrogen (secondary N) is 1. The van der Waals surface area contributed by atoms with Gasteiger partial charge in [-0.15, -0.1) is 0 Å². The molecule has 2 unspecified atom stereocenters. The third kappa shape index (κ3) is 6.53. The Balaban J connectivity index is 1.13. The minimum Gasteiger partial charge on any atom is -0.480 e. The van der Waals surface area contributed by atoms with E-state index in [9.17, 15) is 14.3 Å². The number of fused-ring (bicyclic) bond motifs is 1. The molecule has 0 amide bonds. The molecule has 2 fully saturated rings. The van der Waals surface area contributed by atoms with E-state index in [0.29, 0.717) is 37.9 Å². The maximum atomic E-state index is 14.3. The normalized spacial score (nSPS) is 24.5. The first-order valence-electron chi connectivity index (χ1n) is 14.2. The molecule has 1 aromatic heterocycles. The Kier molecular flexibility index (Phi) is 8.92. The highest BCUT2D eigenvalue weighted by Gasteiger charge is 2.36. The Bertz CT molecular complexity index is 1110. The number of likely N-dealkylation sites (tertiary alicyclic amines) is 1. The van der Waals surface area contributed by atoms with Crippen LogP contribution in [0.5, 0.6) is 0 Å². The van der Waals surface area contributed by atoms with E-state index in [-0.39, 0.29) is 12.2 Å². The molecule has 4 atom stereocenters. The first-order chi connectivity index (χ1) is 18.5. The van der Waals surface area contributed by atoms with E-state index in [1.165, 1.54) is 17.7 Å². The number of aliphatic carboxylic acids is 1. The van der Waals surface area contributed by atoms with Gasteiger partial charge in [-0.05, 0) is 99.6 Å². The summed E-state index contributed by atoms with van der Waals surface area (Å²) in [6.45, 7) is 4.61. The average Bonchev–Trinajstić information content (AvgIpc) is 3.37. The smallest absolute Gasteiger partial charge is 0.325 e. The molecule has 5 rings (SSSR count). The molecular weight excluding hydrogens is 485 g/mol. The summed E-state index contributed by atoms with van der Waals surface area (Å²) in [5.74, 6) is -0.348. The van der Waals surface area contributed by atoms with Crippen molar-refractivity contribution >= 4 is 11.8 Å². The van der Waals surface area contributed by atoms with E-state index in [2.05, 4.69) is 24.4 Å². The van der Waals surface area contributed by atoms with E-state index in [0.717, 1.165) is 74.9 Å². The number of halogens is 1. The third-order valence-corrected chi connectivity index (χ3v) is 8.09. The Morgan fingerprint density at radius 2 is 2.13 bits per heavy atom. The van der Waals surface area contributed by atoms with Crippen LogP contribution in [0.2, 0.25) is 0 Å². The summed E-state index contributed by atoms with van der Waals surface area (Å²) < 4.78 is 26.4. The lowest BCUT2D eigenvalue weighted by molar-refractivity contribution is -0.143. The quantitative estimate of drug-likeness (QED) is 0.399. The van der Waals surface area contributed by atoms with E-state index in [1.807, 2.05) is 4.90 Å². The summed E-state index contributed by atoms with van der Waals surface area (Å²) in [7, 11) is 0. The first kappa shape index (κ1) is 27.0. The number of unbranched alkanes of at least 4 members (excludes halogenated alkanes) is 1. The fraction of sp³-hybridized carbons (Fsp3) is 0.600. The second-order valence-electron chi connectivity index (χ2n) is 11.0. The van der Waals surface area contributed by atoms with Gasteiger partial charge in [-0.3, -0.25) is 9.69 Å². The van der Waals surface area contributed by atoms with Crippen LogP contribution in [-0.4, -0.2) is 59.4 Å². The average molecular weight is 526 g/mol. The summed E-state index contributed by atoms with van der Waals surface area (Å²) in [6.07, 6.45) is 8.48. The Morgan fingerprint density at radius 3 is 2.95 bits per heavy atom. The number of carboxylic acid groups (broad SMARTS) is 1. The van der Waals surface area contributed by atoms with Crippen LogP contribution in [0.4, 0.5) is 10.2 Å². The van der Waals surface area contributed by atoms with Gasteiger partial charge in [0, 0.05) is 38.0 Å². The minimum atomic E-state index is -0.963. The highest BCUT2D eigenvalue weighted by Crippen LogP contribution is 2.36. The standard InChI is InChI=1S/C30H40FN3O4/c1-20-8-9-21-10-12-23(33-29(21)32-20)6-2-4-16-37-24-14-15-34(19-24)28(30(35)36)26-18-22(31)11-13-25(26)27-7-3-5-17-38-27/h10-13,18,20,24,27-28H,2-9,14-17,19H2,1H3,(H,32,33)(H,35,36)/t20?,24-,27+,28?/m1/s1. The SMILES string of the molecule is CC1CCc2ccc(CCCCO[C@@H]3CCN(C(C(=O)O)c4cc(F)ccc4[C@@H]4CCCCO4)C3)nc2N1. The second-order valence-corrected chi connectivity index (χ2v) is 11.0. The molecule has 3 aliphatic rings. The van der Waals surface area contributed by atoms with Crippen LogP contribution < -0.4 is 5.32 Å². The van der Waals surface area contributed by atoms with Crippen LogP contribution in [0.15, 0.2) is 30.3 Å². The monoisotopic (exact) mass is 525 g/mol. The summed E-state index contributed by atoms with van der Waals surface area (Å²) in [5, 5.41) is 13.7. The van der Waals surface area contributed by atoms with E-state index < -0.39 is 17.8 Å². The Hall–Kier alpha value is -2.55. The molecule has 0 saturated carbocycles. The lowest BCUT2D eigenvalue weighted by Crippen LogP contribution is -2.34. The molecule has 0 aliphatic carbocycles. The lowest BCUT2D eigenvalue weighted by Gasteiger charge is -2.30. The molecular formula is C30H40FN3O4. The van der Waals surface area contributed by atoms with Crippen LogP contribution in [0.3, 0.4) is 0 Å². The molecule has 206 valence electrons. The predicted octanol–water partition coefficient (Wildman–Crippen LogP) is 5.45. The first-order valence-corrected chi connectivity index (χ1v) is 14.2. The van der Waals surface area contributed by atoms with Crippen molar-refractivity contribution in [2.45, 2.75) is 89.0 Å². The number of benzene rings is 1. The zero-order chi connectivity index (χ0) is 26.5. The lowest BCUT2D eigenvalue weighted by atomic mass is 9.92. The van der Waals surface area contributed by atoms with Gasteiger partial charge in [-0.2, -0.15) is 0 Å². The number of rotatable bonds is 10. The van der Waals surface area contributed by atoms with Crippen LogP contribution >= 0.6 is 0 Å². The maximum Gasteiger partial charge on any atom is 0.325 e. The van der Waals surface area contributed by atoms with Gasteiger partial charge in [0.05, 0.1) is 12.2 Å². The molecule has 0 radical (unpaired) electrons. The molecule has 38 heavy (non-hydrogen) atoms. The number of anilines is 1. The molecule has 8 heteroatoms. The number of aryl methyl sites for hydroxylation is 2. The van der Waals surface area contributed by atoms with Gasteiger partial charge < -0.3 is 19.9 Å². The number of aromatic nitrogens is 1. The van der Waals surface area contributed by atoms with Gasteiger partial charge in [-0.1, -0.05) is 12.1 Å². The summed E-state index contributed by atoms with van der Waals surface area (Å²) >= 11 is 0. The van der Waals surface area contributed by atoms with Gasteiger partial charge in [0.2, 0.25) is 0 Å². The molecule has 2 N–H and O–H groups in total. The summed E-state index contributed by atoms with van der Waals surface area (Å²) in [6, 6.07) is 8.38. The predicted molar refractivity (Wildman–Crippen MR) is 144 cm³/mol. The molecule has 0 bridgehead atoms. The minimum absolute atomic E-state index is 0.0210.